The highest BCUT2D eigenvalue weighted by Crippen LogP contribution is 1.73. The molecule has 0 heterocycles. The third kappa shape index (κ3) is 18.8. The van der Waals surface area contributed by atoms with Gasteiger partial charge in [-0.25, -0.2) is 9.73 Å². The van der Waals surface area contributed by atoms with E-state index < -0.39 is 12.1 Å². The number of hydrogen-bond acceptors (Lipinski definition) is 5. The molecule has 0 rings (SSSR count). The highest BCUT2D eigenvalue weighted by atomic mass is 16.7. The monoisotopic (exact) mass is 138 g/mol. The van der Waals surface area contributed by atoms with Crippen LogP contribution < -0.4 is 11.8 Å². The fourth-order valence-electron chi connectivity index (χ4n) is 0. The lowest BCUT2D eigenvalue weighted by Gasteiger charge is -1.89. The van der Waals surface area contributed by atoms with Gasteiger partial charge >= 0.3 is 5.97 Å². The number of aliphatic hydroxyl groups excluding tert-OH is 1. The Kier molecular flexibility index (Phi) is 9.06. The predicted octanol–water partition coefficient (Wildman–Crippen LogP) is -1.80. The largest absolute Gasteiger partial charge is 0.479 e. The maximum absolute atomic E-state index is 9.45. The van der Waals surface area contributed by atoms with Crippen molar-refractivity contribution in [2.24, 2.45) is 11.8 Å². The average molecular weight is 138 g/mol. The summed E-state index contributed by atoms with van der Waals surface area (Å²) >= 11 is 0. The fraction of sp³-hybridized carbons (Fsp3) is 0.667. The van der Waals surface area contributed by atoms with E-state index in [9.17, 15) is 4.79 Å². The van der Waals surface area contributed by atoms with Gasteiger partial charge in [0.1, 0.15) is 6.10 Å². The van der Waals surface area contributed by atoms with Gasteiger partial charge in [0.25, 0.3) is 0 Å². The summed E-state index contributed by atoms with van der Waals surface area (Å²) in [6.45, 7) is 1.20. The number of carboxylic acids is 1. The Morgan fingerprint density at radius 2 is 1.78 bits per heavy atom. The molecule has 1 unspecified atom stereocenters. The molecule has 0 aromatic heterocycles. The van der Waals surface area contributed by atoms with Crippen molar-refractivity contribution in [3.63, 3.8) is 0 Å². The summed E-state index contributed by atoms with van der Waals surface area (Å²) in [6.07, 6.45) is -1.23. The summed E-state index contributed by atoms with van der Waals surface area (Å²) in [5.41, 5.74) is 0. The van der Waals surface area contributed by atoms with Crippen molar-refractivity contribution in [1.29, 1.82) is 0 Å². The number of aliphatic hydroxyl groups is 1. The zero-order valence-corrected chi connectivity index (χ0v) is 4.94. The van der Waals surface area contributed by atoms with E-state index in [2.05, 4.69) is 16.7 Å². The standard InChI is InChI=1S/C3H6O3.H4N2O/c1-2(4)3(5)6;1-3-2/h2,4H,1H3,(H,5,6);1-2H2. The van der Waals surface area contributed by atoms with Crippen LogP contribution in [0.1, 0.15) is 6.92 Å². The third-order valence-corrected chi connectivity index (χ3v) is 0.357. The second kappa shape index (κ2) is 7.31. The SMILES string of the molecule is CC(O)C(=O)O.NON. The van der Waals surface area contributed by atoms with Crippen molar-refractivity contribution in [3.8, 4) is 0 Å². The Balaban J connectivity index is 0. The van der Waals surface area contributed by atoms with E-state index in [1.54, 1.807) is 0 Å². The first-order valence-corrected chi connectivity index (χ1v) is 2.02. The lowest BCUT2D eigenvalue weighted by Crippen LogP contribution is -2.13. The molecular formula is C3H10N2O4. The average Bonchev–Trinajstić information content (AvgIpc) is 1.68. The van der Waals surface area contributed by atoms with Crippen molar-refractivity contribution < 1.29 is 19.9 Å². The minimum Gasteiger partial charge on any atom is -0.479 e. The molecule has 0 fully saturated rings. The van der Waals surface area contributed by atoms with Crippen LogP contribution in [0.15, 0.2) is 0 Å². The fourth-order valence-corrected chi connectivity index (χ4v) is 0. The molecule has 0 bridgehead atoms. The normalized spacial score (nSPS) is 11.1. The molecule has 0 aliphatic heterocycles. The zero-order valence-electron chi connectivity index (χ0n) is 4.94. The van der Waals surface area contributed by atoms with E-state index in [1.165, 1.54) is 6.92 Å². The van der Waals surface area contributed by atoms with Crippen LogP contribution in [0.25, 0.3) is 0 Å². The minimum absolute atomic E-state index is 1.19. The van der Waals surface area contributed by atoms with Gasteiger partial charge in [-0.05, 0) is 6.92 Å². The van der Waals surface area contributed by atoms with Crippen LogP contribution in [-0.2, 0) is 9.73 Å². The Morgan fingerprint density at radius 1 is 1.67 bits per heavy atom. The van der Waals surface area contributed by atoms with Crippen molar-refractivity contribution in [1.82, 2.24) is 0 Å². The Morgan fingerprint density at radius 3 is 1.78 bits per heavy atom. The molecule has 0 radical (unpaired) electrons. The maximum atomic E-state index is 9.45. The van der Waals surface area contributed by atoms with Crippen LogP contribution in [-0.4, -0.2) is 22.3 Å². The Hall–Kier alpha value is -0.690. The van der Waals surface area contributed by atoms with E-state index in [0.717, 1.165) is 0 Å². The van der Waals surface area contributed by atoms with Gasteiger partial charge in [0.05, 0.1) is 0 Å². The molecule has 6 N–H and O–H groups in total. The van der Waals surface area contributed by atoms with Gasteiger partial charge in [-0.15, -0.1) is 0 Å². The maximum Gasteiger partial charge on any atom is 0.332 e. The number of carbonyl (C=O) groups is 1. The quantitative estimate of drug-likeness (QED) is 0.317. The summed E-state index contributed by atoms with van der Waals surface area (Å²) in [7, 11) is 0. The summed E-state index contributed by atoms with van der Waals surface area (Å²) < 4.78 is 0. The molecule has 0 saturated heterocycles. The molecule has 0 amide bonds. The van der Waals surface area contributed by atoms with E-state index in [1.807, 2.05) is 0 Å². The molecule has 0 aromatic carbocycles. The predicted molar refractivity (Wildman–Crippen MR) is 28.8 cm³/mol. The van der Waals surface area contributed by atoms with Gasteiger partial charge in [-0.2, -0.15) is 11.8 Å². The van der Waals surface area contributed by atoms with Gasteiger partial charge in [0, 0.05) is 0 Å². The first-order valence-electron chi connectivity index (χ1n) is 2.02. The first kappa shape index (κ1) is 11.2. The van der Waals surface area contributed by atoms with Crippen LogP contribution in [0.5, 0.6) is 0 Å². The number of hydrogen-bond donors (Lipinski definition) is 4. The smallest absolute Gasteiger partial charge is 0.332 e. The van der Waals surface area contributed by atoms with Crippen molar-refractivity contribution in [3.05, 3.63) is 0 Å². The molecule has 0 aliphatic carbocycles. The first-order chi connectivity index (χ1) is 4.06. The third-order valence-electron chi connectivity index (χ3n) is 0.357. The van der Waals surface area contributed by atoms with Crippen LogP contribution in [0.3, 0.4) is 0 Å². The van der Waals surface area contributed by atoms with Crippen LogP contribution in [0.2, 0.25) is 0 Å². The summed E-state index contributed by atoms with van der Waals surface area (Å²) in [4.78, 5) is 12.7. The Labute approximate surface area is 51.9 Å². The van der Waals surface area contributed by atoms with E-state index in [4.69, 9.17) is 10.2 Å². The highest BCUT2D eigenvalue weighted by Gasteiger charge is 2.01. The summed E-state index contributed by atoms with van der Waals surface area (Å²) in [5.74, 6) is 7.06. The number of carboxylic acid groups (broad SMARTS) is 1. The molecule has 56 valence electrons. The molecule has 0 spiro atoms. The Bertz CT molecular complexity index is 74.2. The lowest BCUT2D eigenvalue weighted by molar-refractivity contribution is -0.145. The van der Waals surface area contributed by atoms with Gasteiger partial charge in [0.15, 0.2) is 0 Å². The summed E-state index contributed by atoms with van der Waals surface area (Å²) in [5, 5.41) is 15.8. The van der Waals surface area contributed by atoms with Crippen LogP contribution in [0, 0.1) is 0 Å². The van der Waals surface area contributed by atoms with E-state index in [0.29, 0.717) is 0 Å². The number of rotatable bonds is 1. The second-order valence-corrected chi connectivity index (χ2v) is 1.15. The van der Waals surface area contributed by atoms with Crippen molar-refractivity contribution >= 4 is 5.97 Å². The van der Waals surface area contributed by atoms with Crippen molar-refractivity contribution in [2.45, 2.75) is 13.0 Å². The van der Waals surface area contributed by atoms with Crippen LogP contribution in [0.4, 0.5) is 0 Å². The molecule has 1 atom stereocenters. The molecule has 9 heavy (non-hydrogen) atoms. The van der Waals surface area contributed by atoms with Crippen molar-refractivity contribution in [2.75, 3.05) is 0 Å². The van der Waals surface area contributed by atoms with Crippen LogP contribution >= 0.6 is 0 Å². The molecule has 6 heteroatoms. The topological polar surface area (TPSA) is 119 Å². The number of aliphatic carboxylic acids is 1. The molecule has 0 aromatic rings. The lowest BCUT2D eigenvalue weighted by atomic mass is 10.4. The van der Waals surface area contributed by atoms with Gasteiger partial charge < -0.3 is 10.2 Å². The minimum atomic E-state index is -1.23. The second-order valence-electron chi connectivity index (χ2n) is 1.15. The van der Waals surface area contributed by atoms with Gasteiger partial charge in [-0.1, -0.05) is 0 Å². The van der Waals surface area contributed by atoms with Gasteiger partial charge in [0.2, 0.25) is 0 Å². The molecule has 0 saturated carbocycles. The summed E-state index contributed by atoms with van der Waals surface area (Å²) in [6, 6.07) is 0. The van der Waals surface area contributed by atoms with Gasteiger partial charge in [-0.3, -0.25) is 0 Å². The van der Waals surface area contributed by atoms with E-state index in [-0.39, 0.29) is 0 Å². The zero-order chi connectivity index (χ0) is 7.86. The molecule has 6 nitrogen and oxygen atoms in total. The highest BCUT2D eigenvalue weighted by molar-refractivity contribution is 5.71. The van der Waals surface area contributed by atoms with E-state index >= 15 is 0 Å². The number of nitrogens with two attached hydrogens (primary N) is 2. The molecule has 0 aliphatic rings. The molecular weight excluding hydrogens is 128 g/mol.